The molecule has 0 radical (unpaired) electrons. The summed E-state index contributed by atoms with van der Waals surface area (Å²) in [6, 6.07) is -0.205. The van der Waals surface area contributed by atoms with E-state index in [-0.39, 0.29) is 12.0 Å². The molecule has 4 nitrogen and oxygen atoms in total. The van der Waals surface area contributed by atoms with Crippen LogP contribution in [-0.4, -0.2) is 50.7 Å². The lowest BCUT2D eigenvalue weighted by Gasteiger charge is -2.23. The number of likely N-dealkylation sites (N-methyl/N-ethyl adjacent to an activating group) is 1. The number of hydrogen-bond donors (Lipinski definition) is 1. The summed E-state index contributed by atoms with van der Waals surface area (Å²) in [5.41, 5.74) is 0.383. The Hall–Kier alpha value is -0.610. The molecule has 1 aliphatic heterocycles. The third-order valence-electron chi connectivity index (χ3n) is 3.03. The van der Waals surface area contributed by atoms with Gasteiger partial charge in [-0.3, -0.25) is 4.79 Å². The Morgan fingerprint density at radius 3 is 2.67 bits per heavy atom. The summed E-state index contributed by atoms with van der Waals surface area (Å²) >= 11 is 0. The van der Waals surface area contributed by atoms with Gasteiger partial charge in [-0.1, -0.05) is 13.8 Å². The van der Waals surface area contributed by atoms with E-state index < -0.39 is 0 Å². The molecule has 4 heteroatoms. The first-order valence-corrected chi connectivity index (χ1v) is 5.46. The maximum atomic E-state index is 11.4. The molecule has 15 heavy (non-hydrogen) atoms. The third kappa shape index (κ3) is 3.47. The largest absolute Gasteiger partial charge is 0.468 e. The summed E-state index contributed by atoms with van der Waals surface area (Å²) in [5, 5.41) is 2.99. The third-order valence-corrected chi connectivity index (χ3v) is 3.03. The number of ether oxygens (including phenoxy) is 1. The first-order chi connectivity index (χ1) is 6.98. The van der Waals surface area contributed by atoms with Crippen molar-refractivity contribution in [3.05, 3.63) is 0 Å². The predicted molar refractivity (Wildman–Crippen MR) is 59.7 cm³/mol. The minimum Gasteiger partial charge on any atom is -0.468 e. The van der Waals surface area contributed by atoms with Crippen molar-refractivity contribution in [2.75, 3.05) is 33.8 Å². The van der Waals surface area contributed by atoms with Gasteiger partial charge in [-0.05, 0) is 25.4 Å². The van der Waals surface area contributed by atoms with Crippen molar-refractivity contribution < 1.29 is 9.53 Å². The molecule has 0 spiro atoms. The van der Waals surface area contributed by atoms with E-state index in [1.807, 2.05) is 0 Å². The fraction of sp³-hybridized carbons (Fsp3) is 0.909. The Morgan fingerprint density at radius 2 is 2.27 bits per heavy atom. The monoisotopic (exact) mass is 214 g/mol. The highest BCUT2D eigenvalue weighted by atomic mass is 16.5. The highest BCUT2D eigenvalue weighted by Gasteiger charge is 2.31. The Balaban J connectivity index is 2.43. The highest BCUT2D eigenvalue weighted by Crippen LogP contribution is 2.28. The summed E-state index contributed by atoms with van der Waals surface area (Å²) in [5.74, 6) is -0.179. The molecule has 0 aromatic heterocycles. The van der Waals surface area contributed by atoms with Gasteiger partial charge in [-0.15, -0.1) is 0 Å². The number of nitrogens with zero attached hydrogens (tertiary/aromatic N) is 1. The Labute approximate surface area is 92.0 Å². The van der Waals surface area contributed by atoms with E-state index in [1.54, 1.807) is 7.05 Å². The van der Waals surface area contributed by atoms with Crippen molar-refractivity contribution in [1.29, 1.82) is 0 Å². The lowest BCUT2D eigenvalue weighted by Crippen LogP contribution is -2.44. The van der Waals surface area contributed by atoms with Gasteiger partial charge in [-0.25, -0.2) is 0 Å². The van der Waals surface area contributed by atoms with E-state index in [1.165, 1.54) is 13.5 Å². The zero-order chi connectivity index (χ0) is 11.5. The number of carbonyl (C=O) groups is 1. The molecule has 1 rings (SSSR count). The molecule has 0 amide bonds. The topological polar surface area (TPSA) is 41.6 Å². The molecule has 1 fully saturated rings. The smallest absolute Gasteiger partial charge is 0.324 e. The molecule has 0 saturated carbocycles. The second-order valence-corrected chi connectivity index (χ2v) is 5.01. The van der Waals surface area contributed by atoms with Crippen molar-refractivity contribution in [3.63, 3.8) is 0 Å². The number of rotatable bonds is 4. The summed E-state index contributed by atoms with van der Waals surface area (Å²) in [4.78, 5) is 13.7. The van der Waals surface area contributed by atoms with Gasteiger partial charge >= 0.3 is 5.97 Å². The number of hydrogen-bond acceptors (Lipinski definition) is 4. The number of nitrogens with one attached hydrogen (secondary N) is 1. The molecule has 1 saturated heterocycles. The van der Waals surface area contributed by atoms with Crippen LogP contribution in [0.5, 0.6) is 0 Å². The van der Waals surface area contributed by atoms with Gasteiger partial charge in [0.05, 0.1) is 7.11 Å². The van der Waals surface area contributed by atoms with Crippen molar-refractivity contribution in [2.45, 2.75) is 26.3 Å². The molecule has 1 aliphatic rings. The van der Waals surface area contributed by atoms with Crippen LogP contribution in [0.15, 0.2) is 0 Å². The van der Waals surface area contributed by atoms with Gasteiger partial charge in [0, 0.05) is 13.1 Å². The molecule has 88 valence electrons. The van der Waals surface area contributed by atoms with E-state index >= 15 is 0 Å². The Morgan fingerprint density at radius 1 is 1.60 bits per heavy atom. The zero-order valence-electron chi connectivity index (χ0n) is 10.2. The van der Waals surface area contributed by atoms with E-state index in [0.29, 0.717) is 5.41 Å². The standard InChI is InChI=1S/C11H22N2O2/c1-11(2)5-6-13(8-11)7-9(12-3)10(14)15-4/h9,12H,5-8H2,1-4H3. The van der Waals surface area contributed by atoms with Crippen LogP contribution in [0.3, 0.4) is 0 Å². The molecule has 1 N–H and O–H groups in total. The quantitative estimate of drug-likeness (QED) is 0.691. The van der Waals surface area contributed by atoms with Crippen LogP contribution in [0.1, 0.15) is 20.3 Å². The van der Waals surface area contributed by atoms with Crippen molar-refractivity contribution in [2.24, 2.45) is 5.41 Å². The van der Waals surface area contributed by atoms with Gasteiger partial charge in [0.2, 0.25) is 0 Å². The van der Waals surface area contributed by atoms with E-state index in [2.05, 4.69) is 24.1 Å². The molecule has 1 atom stereocenters. The minimum absolute atomic E-state index is 0.179. The van der Waals surface area contributed by atoms with Crippen LogP contribution in [-0.2, 0) is 9.53 Å². The first-order valence-electron chi connectivity index (χ1n) is 5.46. The fourth-order valence-corrected chi connectivity index (χ4v) is 2.06. The fourth-order valence-electron chi connectivity index (χ4n) is 2.06. The number of esters is 1. The molecular weight excluding hydrogens is 192 g/mol. The zero-order valence-corrected chi connectivity index (χ0v) is 10.2. The number of likely N-dealkylation sites (tertiary alicyclic amines) is 1. The maximum Gasteiger partial charge on any atom is 0.324 e. The van der Waals surface area contributed by atoms with Gasteiger partial charge in [0.1, 0.15) is 6.04 Å². The normalized spacial score (nSPS) is 22.7. The van der Waals surface area contributed by atoms with Crippen LogP contribution in [0.25, 0.3) is 0 Å². The maximum absolute atomic E-state index is 11.4. The summed E-state index contributed by atoms with van der Waals surface area (Å²) in [7, 11) is 3.23. The molecule has 1 heterocycles. The Kier molecular flexibility index (Phi) is 4.11. The molecule has 0 aromatic carbocycles. The van der Waals surface area contributed by atoms with Crippen LogP contribution in [0.2, 0.25) is 0 Å². The van der Waals surface area contributed by atoms with E-state index in [4.69, 9.17) is 4.74 Å². The summed E-state index contributed by atoms with van der Waals surface area (Å²) in [6.45, 7) is 7.40. The van der Waals surface area contributed by atoms with Crippen LogP contribution < -0.4 is 5.32 Å². The molecular formula is C11H22N2O2. The summed E-state index contributed by atoms with van der Waals surface area (Å²) in [6.07, 6.45) is 1.20. The second-order valence-electron chi connectivity index (χ2n) is 5.01. The Bertz CT molecular complexity index is 229. The molecule has 0 bridgehead atoms. The highest BCUT2D eigenvalue weighted by molar-refractivity contribution is 5.75. The van der Waals surface area contributed by atoms with Crippen LogP contribution in [0.4, 0.5) is 0 Å². The first kappa shape index (κ1) is 12.5. The van der Waals surface area contributed by atoms with Crippen molar-refractivity contribution in [1.82, 2.24) is 10.2 Å². The molecule has 0 aliphatic carbocycles. The molecule has 1 unspecified atom stereocenters. The SMILES string of the molecule is CNC(CN1CCC(C)(C)C1)C(=O)OC. The van der Waals surface area contributed by atoms with Crippen LogP contribution >= 0.6 is 0 Å². The van der Waals surface area contributed by atoms with Crippen molar-refractivity contribution in [3.8, 4) is 0 Å². The lowest BCUT2D eigenvalue weighted by atomic mass is 9.93. The average Bonchev–Trinajstić information content (AvgIpc) is 2.53. The van der Waals surface area contributed by atoms with Gasteiger partial charge in [-0.2, -0.15) is 0 Å². The van der Waals surface area contributed by atoms with Gasteiger partial charge in [0.25, 0.3) is 0 Å². The van der Waals surface area contributed by atoms with Crippen LogP contribution in [0, 0.1) is 5.41 Å². The predicted octanol–water partition coefficient (Wildman–Crippen LogP) is 0.479. The summed E-state index contributed by atoms with van der Waals surface area (Å²) < 4.78 is 4.74. The second kappa shape index (κ2) is 4.94. The number of carbonyl (C=O) groups excluding carboxylic acids is 1. The van der Waals surface area contributed by atoms with Crippen molar-refractivity contribution >= 4 is 5.97 Å². The minimum atomic E-state index is -0.205. The van der Waals surface area contributed by atoms with Gasteiger partial charge < -0.3 is 15.0 Å². The molecule has 0 aromatic rings. The van der Waals surface area contributed by atoms with E-state index in [0.717, 1.165) is 19.6 Å². The van der Waals surface area contributed by atoms with E-state index in [9.17, 15) is 4.79 Å². The number of methoxy groups -OCH3 is 1. The lowest BCUT2D eigenvalue weighted by molar-refractivity contribution is -0.143. The van der Waals surface area contributed by atoms with Gasteiger partial charge in [0.15, 0.2) is 0 Å². The average molecular weight is 214 g/mol.